The molecular weight excluding hydrogens is 348 g/mol. The number of thiophene rings is 1. The molecule has 1 atom stereocenters. The molecule has 2 aromatic rings. The second kappa shape index (κ2) is 7.48. The first-order valence-corrected chi connectivity index (χ1v) is 10.4. The lowest BCUT2D eigenvalue weighted by Crippen LogP contribution is -2.36. The third kappa shape index (κ3) is 3.42. The number of aryl methyl sites for hydroxylation is 1. The SMILES string of the molecule is CCN[C@H]1CC[C@H](Oc2ncnc3sc4c(c23)[C@@H](CC(N)=O)CC4)CC1. The minimum atomic E-state index is -0.247. The van der Waals surface area contributed by atoms with Gasteiger partial charge in [-0.25, -0.2) is 9.97 Å². The van der Waals surface area contributed by atoms with Gasteiger partial charge in [0.25, 0.3) is 0 Å². The summed E-state index contributed by atoms with van der Waals surface area (Å²) in [5, 5.41) is 4.55. The Kier molecular flexibility index (Phi) is 5.09. The molecule has 0 aliphatic heterocycles. The van der Waals surface area contributed by atoms with Crippen LogP contribution in [0.25, 0.3) is 10.2 Å². The first-order chi connectivity index (χ1) is 12.7. The fourth-order valence-electron chi connectivity index (χ4n) is 4.41. The van der Waals surface area contributed by atoms with Crippen LogP contribution in [0.3, 0.4) is 0 Å². The van der Waals surface area contributed by atoms with Crippen LogP contribution in [0.2, 0.25) is 0 Å². The van der Waals surface area contributed by atoms with Crippen molar-refractivity contribution in [3.8, 4) is 5.88 Å². The number of hydrogen-bond donors (Lipinski definition) is 2. The van der Waals surface area contributed by atoms with Crippen LogP contribution >= 0.6 is 11.3 Å². The van der Waals surface area contributed by atoms with E-state index in [1.165, 1.54) is 10.4 Å². The minimum absolute atomic E-state index is 0.175. The molecule has 0 spiro atoms. The van der Waals surface area contributed by atoms with Gasteiger partial charge in [-0.05, 0) is 56.6 Å². The van der Waals surface area contributed by atoms with Crippen molar-refractivity contribution in [1.29, 1.82) is 0 Å². The van der Waals surface area contributed by atoms with E-state index in [-0.39, 0.29) is 17.9 Å². The Morgan fingerprint density at radius 3 is 2.85 bits per heavy atom. The number of ether oxygens (including phenoxy) is 1. The van der Waals surface area contributed by atoms with Gasteiger partial charge >= 0.3 is 0 Å². The number of nitrogens with two attached hydrogens (primary N) is 1. The Hall–Kier alpha value is -1.73. The van der Waals surface area contributed by atoms with Crippen molar-refractivity contribution in [3.05, 3.63) is 16.8 Å². The summed E-state index contributed by atoms with van der Waals surface area (Å²) >= 11 is 1.71. The highest BCUT2D eigenvalue weighted by Crippen LogP contribution is 2.47. The fourth-order valence-corrected chi connectivity index (χ4v) is 5.64. The molecule has 2 heterocycles. The van der Waals surface area contributed by atoms with Crippen molar-refractivity contribution < 1.29 is 9.53 Å². The molecule has 0 aromatic carbocycles. The Balaban J connectivity index is 1.57. The number of nitrogens with one attached hydrogen (secondary N) is 1. The van der Waals surface area contributed by atoms with Crippen molar-refractivity contribution in [2.45, 2.75) is 69.9 Å². The van der Waals surface area contributed by atoms with E-state index in [1.54, 1.807) is 17.7 Å². The predicted molar refractivity (Wildman–Crippen MR) is 103 cm³/mol. The van der Waals surface area contributed by atoms with E-state index in [9.17, 15) is 4.79 Å². The molecule has 1 saturated carbocycles. The number of fused-ring (bicyclic) bond motifs is 3. The summed E-state index contributed by atoms with van der Waals surface area (Å²) in [7, 11) is 0. The summed E-state index contributed by atoms with van der Waals surface area (Å²) in [4.78, 5) is 22.7. The standard InChI is InChI=1S/C19H26N4O2S/c1-2-21-12-4-6-13(7-5-12)25-18-17-16-11(9-15(20)24)3-8-14(16)26-19(17)23-10-22-18/h10-13,21H,2-9H2,1H3,(H2,20,24)/t11-,12-,13-/m1/s1. The van der Waals surface area contributed by atoms with E-state index >= 15 is 0 Å². The van der Waals surface area contributed by atoms with Gasteiger partial charge in [0.2, 0.25) is 11.8 Å². The van der Waals surface area contributed by atoms with Gasteiger partial charge < -0.3 is 15.8 Å². The molecule has 4 rings (SSSR count). The Bertz CT molecular complexity index is 798. The summed E-state index contributed by atoms with van der Waals surface area (Å²) in [6, 6.07) is 0.607. The second-order valence-corrected chi connectivity index (χ2v) is 8.44. The number of nitrogens with zero attached hydrogens (tertiary/aromatic N) is 2. The molecule has 7 heteroatoms. The van der Waals surface area contributed by atoms with Gasteiger partial charge in [-0.15, -0.1) is 11.3 Å². The monoisotopic (exact) mass is 374 g/mol. The highest BCUT2D eigenvalue weighted by molar-refractivity contribution is 7.19. The predicted octanol–water partition coefficient (Wildman–Crippen LogP) is 2.90. The van der Waals surface area contributed by atoms with Gasteiger partial charge in [0, 0.05) is 17.3 Å². The zero-order chi connectivity index (χ0) is 18.1. The summed E-state index contributed by atoms with van der Waals surface area (Å²) in [6.45, 7) is 3.17. The van der Waals surface area contributed by atoms with Gasteiger partial charge in [-0.2, -0.15) is 0 Å². The maximum atomic E-state index is 11.5. The molecule has 2 aliphatic rings. The summed E-state index contributed by atoms with van der Waals surface area (Å²) in [6.07, 6.45) is 8.51. The van der Waals surface area contributed by atoms with Crippen LogP contribution in [0.1, 0.15) is 61.8 Å². The molecule has 0 bridgehead atoms. The molecule has 0 radical (unpaired) electrons. The van der Waals surface area contributed by atoms with E-state index < -0.39 is 0 Å². The summed E-state index contributed by atoms with van der Waals surface area (Å²) in [5.74, 6) is 0.619. The zero-order valence-corrected chi connectivity index (χ0v) is 16.0. The molecule has 140 valence electrons. The average molecular weight is 375 g/mol. The van der Waals surface area contributed by atoms with E-state index in [2.05, 4.69) is 22.2 Å². The number of primary amides is 1. The van der Waals surface area contributed by atoms with Crippen LogP contribution in [0, 0.1) is 0 Å². The number of carbonyl (C=O) groups is 1. The van der Waals surface area contributed by atoms with Crippen molar-refractivity contribution in [1.82, 2.24) is 15.3 Å². The Labute approximate surface area is 157 Å². The normalized spacial score (nSPS) is 25.3. The molecule has 26 heavy (non-hydrogen) atoms. The largest absolute Gasteiger partial charge is 0.474 e. The molecular formula is C19H26N4O2S. The number of carbonyl (C=O) groups excluding carboxylic acids is 1. The molecule has 0 unspecified atom stereocenters. The van der Waals surface area contributed by atoms with Crippen LogP contribution in [0.4, 0.5) is 0 Å². The fraction of sp³-hybridized carbons (Fsp3) is 0.632. The van der Waals surface area contributed by atoms with Crippen molar-refractivity contribution in [2.75, 3.05) is 6.54 Å². The molecule has 1 amide bonds. The lowest BCUT2D eigenvalue weighted by atomic mass is 9.93. The molecule has 1 fully saturated rings. The third-order valence-electron chi connectivity index (χ3n) is 5.59. The smallest absolute Gasteiger partial charge is 0.225 e. The van der Waals surface area contributed by atoms with Crippen LogP contribution in [-0.2, 0) is 11.2 Å². The highest BCUT2D eigenvalue weighted by Gasteiger charge is 2.32. The minimum Gasteiger partial charge on any atom is -0.474 e. The first-order valence-electron chi connectivity index (χ1n) is 9.60. The summed E-state index contributed by atoms with van der Waals surface area (Å²) < 4.78 is 6.34. The van der Waals surface area contributed by atoms with Gasteiger partial charge in [-0.1, -0.05) is 6.92 Å². The maximum absolute atomic E-state index is 11.5. The molecule has 3 N–H and O–H groups in total. The summed E-state index contributed by atoms with van der Waals surface area (Å²) in [5.41, 5.74) is 6.67. The third-order valence-corrected chi connectivity index (χ3v) is 6.76. The van der Waals surface area contributed by atoms with Crippen molar-refractivity contribution in [2.24, 2.45) is 5.73 Å². The van der Waals surface area contributed by atoms with Gasteiger partial charge in [0.15, 0.2) is 0 Å². The topological polar surface area (TPSA) is 90.1 Å². The quantitative estimate of drug-likeness (QED) is 0.811. The molecule has 2 aliphatic carbocycles. The number of aromatic nitrogens is 2. The Morgan fingerprint density at radius 2 is 2.12 bits per heavy atom. The number of hydrogen-bond acceptors (Lipinski definition) is 6. The van der Waals surface area contributed by atoms with Crippen molar-refractivity contribution >= 4 is 27.5 Å². The molecule has 0 saturated heterocycles. The van der Waals surface area contributed by atoms with Crippen LogP contribution < -0.4 is 15.8 Å². The number of amides is 1. The lowest BCUT2D eigenvalue weighted by molar-refractivity contribution is -0.118. The lowest BCUT2D eigenvalue weighted by Gasteiger charge is -2.29. The zero-order valence-electron chi connectivity index (χ0n) is 15.2. The number of rotatable bonds is 6. The van der Waals surface area contributed by atoms with E-state index in [4.69, 9.17) is 10.5 Å². The van der Waals surface area contributed by atoms with Gasteiger partial charge in [0.05, 0.1) is 5.39 Å². The van der Waals surface area contributed by atoms with E-state index in [1.807, 2.05) is 0 Å². The van der Waals surface area contributed by atoms with Crippen LogP contribution in [0.15, 0.2) is 6.33 Å². The highest BCUT2D eigenvalue weighted by atomic mass is 32.1. The van der Waals surface area contributed by atoms with Gasteiger partial charge in [0.1, 0.15) is 17.3 Å². The average Bonchev–Trinajstić information content (AvgIpc) is 3.17. The molecule has 2 aromatic heterocycles. The van der Waals surface area contributed by atoms with E-state index in [0.29, 0.717) is 18.3 Å². The first kappa shape index (κ1) is 17.7. The van der Waals surface area contributed by atoms with Crippen LogP contribution in [-0.4, -0.2) is 34.6 Å². The maximum Gasteiger partial charge on any atom is 0.225 e. The van der Waals surface area contributed by atoms with Gasteiger partial charge in [-0.3, -0.25) is 4.79 Å². The van der Waals surface area contributed by atoms with Crippen LogP contribution in [0.5, 0.6) is 5.88 Å². The Morgan fingerprint density at radius 1 is 1.31 bits per heavy atom. The molecule has 6 nitrogen and oxygen atoms in total. The van der Waals surface area contributed by atoms with E-state index in [0.717, 1.165) is 55.3 Å². The van der Waals surface area contributed by atoms with Crippen molar-refractivity contribution in [3.63, 3.8) is 0 Å². The second-order valence-electron chi connectivity index (χ2n) is 7.35.